The zero-order valence-corrected chi connectivity index (χ0v) is 5.67. The zero-order chi connectivity index (χ0) is 5.98. The number of nitrogens with one attached hydrogen (secondary N) is 1. The van der Waals surface area contributed by atoms with Crippen LogP contribution in [0.15, 0.2) is 17.4 Å². The Kier molecular flexibility index (Phi) is 1.65. The van der Waals surface area contributed by atoms with Crippen molar-refractivity contribution in [3.63, 3.8) is 0 Å². The Labute approximate surface area is 57.4 Å². The molecule has 42 valence electrons. The lowest BCUT2D eigenvalue weighted by Crippen LogP contribution is -1.76. The lowest BCUT2D eigenvalue weighted by molar-refractivity contribution is 1.05. The van der Waals surface area contributed by atoms with Gasteiger partial charge in [0.2, 0.25) is 0 Å². The molecule has 1 aromatic heterocycles. The highest BCUT2D eigenvalue weighted by Gasteiger charge is 1.78. The fraction of sp³-hybridized carbons (Fsp3) is 0. The van der Waals surface area contributed by atoms with Crippen LogP contribution >= 0.6 is 24.8 Å². The van der Waals surface area contributed by atoms with Crippen molar-refractivity contribution >= 4 is 24.8 Å². The number of thiol groups is 1. The van der Waals surface area contributed by atoms with E-state index in [1.165, 1.54) is 0 Å². The smallest absolute Gasteiger partial charge is 0.121 e. The predicted octanol–water partition coefficient (Wildman–Crippen LogP) is 1.43. The van der Waals surface area contributed by atoms with Crippen LogP contribution in [0.25, 0.3) is 0 Å². The third-order valence-electron chi connectivity index (χ3n) is 0.658. The topological polar surface area (TPSA) is 28.7 Å². The summed E-state index contributed by atoms with van der Waals surface area (Å²) in [7, 11) is 0. The van der Waals surface area contributed by atoms with Gasteiger partial charge in [0, 0.05) is 6.20 Å². The minimum absolute atomic E-state index is 0.628. The van der Waals surface area contributed by atoms with Crippen molar-refractivity contribution in [3.05, 3.63) is 17.0 Å². The highest BCUT2D eigenvalue weighted by Crippen LogP contribution is 1.94. The van der Waals surface area contributed by atoms with Gasteiger partial charge in [-0.1, -0.05) is 12.2 Å². The molecule has 0 atom stereocenters. The number of aromatic amines is 1. The van der Waals surface area contributed by atoms with E-state index in [1.807, 2.05) is 0 Å². The Bertz CT molecular complexity index is 209. The fourth-order valence-corrected chi connectivity index (χ4v) is 0.569. The second kappa shape index (κ2) is 2.28. The quantitative estimate of drug-likeness (QED) is 0.426. The first kappa shape index (κ1) is 5.78. The van der Waals surface area contributed by atoms with Gasteiger partial charge in [-0.2, -0.15) is 0 Å². The summed E-state index contributed by atoms with van der Waals surface area (Å²) < 4.78 is 0.628. The SMILES string of the molecule is S=c1cnc(S)c[nH]1. The highest BCUT2D eigenvalue weighted by molar-refractivity contribution is 7.80. The van der Waals surface area contributed by atoms with Crippen LogP contribution in [0, 0.1) is 4.64 Å². The fourth-order valence-electron chi connectivity index (χ4n) is 0.335. The number of rotatable bonds is 0. The lowest BCUT2D eigenvalue weighted by Gasteiger charge is -1.84. The Morgan fingerprint density at radius 2 is 2.50 bits per heavy atom. The third kappa shape index (κ3) is 1.31. The lowest BCUT2D eigenvalue weighted by atomic mass is 10.8. The van der Waals surface area contributed by atoms with Gasteiger partial charge in [-0.15, -0.1) is 12.6 Å². The maximum Gasteiger partial charge on any atom is 0.121 e. The van der Waals surface area contributed by atoms with Crippen LogP contribution in [0.2, 0.25) is 0 Å². The van der Waals surface area contributed by atoms with Gasteiger partial charge in [0.15, 0.2) is 0 Å². The minimum Gasteiger partial charge on any atom is -0.349 e. The molecule has 0 radical (unpaired) electrons. The summed E-state index contributed by atoms with van der Waals surface area (Å²) in [6.07, 6.45) is 3.20. The van der Waals surface area contributed by atoms with Crippen LogP contribution in [0.1, 0.15) is 0 Å². The standard InChI is InChI=1S/C4H4N2S2/c7-3-1-5-4(8)2-6-3/h1-2H,(H,5,8)(H,6,7). The van der Waals surface area contributed by atoms with Crippen molar-refractivity contribution in [1.82, 2.24) is 9.97 Å². The molecule has 0 aromatic carbocycles. The monoisotopic (exact) mass is 144 g/mol. The Morgan fingerprint density at radius 3 is 2.88 bits per heavy atom. The van der Waals surface area contributed by atoms with E-state index in [2.05, 4.69) is 22.6 Å². The first-order chi connectivity index (χ1) is 3.79. The summed E-state index contributed by atoms with van der Waals surface area (Å²) in [5, 5.41) is 0.651. The second-order valence-corrected chi connectivity index (χ2v) is 2.17. The van der Waals surface area contributed by atoms with Crippen molar-refractivity contribution in [2.75, 3.05) is 0 Å². The molecule has 8 heavy (non-hydrogen) atoms. The number of H-pyrrole nitrogens is 1. The van der Waals surface area contributed by atoms with E-state index in [9.17, 15) is 0 Å². The van der Waals surface area contributed by atoms with E-state index in [1.54, 1.807) is 12.4 Å². The average Bonchev–Trinajstić information content (AvgIpc) is 1.77. The Morgan fingerprint density at radius 1 is 1.75 bits per heavy atom. The molecular formula is C4H4N2S2. The van der Waals surface area contributed by atoms with Gasteiger partial charge in [-0.05, 0) is 0 Å². The van der Waals surface area contributed by atoms with E-state index in [0.29, 0.717) is 9.67 Å². The van der Waals surface area contributed by atoms with Gasteiger partial charge in [0.05, 0.1) is 6.20 Å². The number of aromatic nitrogens is 2. The Balaban J connectivity index is 3.22. The summed E-state index contributed by atoms with van der Waals surface area (Å²) in [5.41, 5.74) is 0. The van der Waals surface area contributed by atoms with Crippen LogP contribution < -0.4 is 0 Å². The normalized spacial score (nSPS) is 9.12. The van der Waals surface area contributed by atoms with E-state index in [-0.39, 0.29) is 0 Å². The van der Waals surface area contributed by atoms with Crippen molar-refractivity contribution in [2.24, 2.45) is 0 Å². The number of hydrogen-bond donors (Lipinski definition) is 2. The molecule has 1 N–H and O–H groups in total. The largest absolute Gasteiger partial charge is 0.349 e. The summed E-state index contributed by atoms with van der Waals surface area (Å²) in [5.74, 6) is 0. The molecule has 0 fully saturated rings. The summed E-state index contributed by atoms with van der Waals surface area (Å²) in [6, 6.07) is 0. The highest BCUT2D eigenvalue weighted by atomic mass is 32.1. The molecule has 0 aliphatic carbocycles. The molecule has 4 heteroatoms. The maximum absolute atomic E-state index is 4.72. The van der Waals surface area contributed by atoms with Crippen LogP contribution in [-0.2, 0) is 0 Å². The average molecular weight is 144 g/mol. The van der Waals surface area contributed by atoms with Crippen LogP contribution in [0.4, 0.5) is 0 Å². The first-order valence-corrected chi connectivity index (χ1v) is 2.88. The minimum atomic E-state index is 0.628. The van der Waals surface area contributed by atoms with Gasteiger partial charge in [-0.3, -0.25) is 0 Å². The molecule has 1 rings (SSSR count). The molecule has 2 nitrogen and oxygen atoms in total. The molecular weight excluding hydrogens is 140 g/mol. The van der Waals surface area contributed by atoms with Gasteiger partial charge >= 0.3 is 0 Å². The van der Waals surface area contributed by atoms with E-state index in [4.69, 9.17) is 12.2 Å². The molecule has 1 aromatic rings. The zero-order valence-electron chi connectivity index (χ0n) is 3.96. The summed E-state index contributed by atoms with van der Waals surface area (Å²) in [6.45, 7) is 0. The first-order valence-electron chi connectivity index (χ1n) is 2.03. The van der Waals surface area contributed by atoms with Gasteiger partial charge in [0.1, 0.15) is 9.67 Å². The molecule has 0 aliphatic rings. The molecule has 0 saturated carbocycles. The van der Waals surface area contributed by atoms with Crippen molar-refractivity contribution in [3.8, 4) is 0 Å². The molecule has 0 saturated heterocycles. The number of hydrogen-bond acceptors (Lipinski definition) is 3. The predicted molar refractivity (Wildman–Crippen MR) is 36.7 cm³/mol. The van der Waals surface area contributed by atoms with Gasteiger partial charge in [-0.25, -0.2) is 4.98 Å². The van der Waals surface area contributed by atoms with Crippen molar-refractivity contribution in [1.29, 1.82) is 0 Å². The van der Waals surface area contributed by atoms with Gasteiger partial charge in [0.25, 0.3) is 0 Å². The molecule has 0 aliphatic heterocycles. The van der Waals surface area contributed by atoms with Crippen LogP contribution in [0.5, 0.6) is 0 Å². The van der Waals surface area contributed by atoms with Crippen molar-refractivity contribution in [2.45, 2.75) is 5.03 Å². The summed E-state index contributed by atoms with van der Waals surface area (Å²) >= 11 is 8.66. The van der Waals surface area contributed by atoms with Crippen molar-refractivity contribution < 1.29 is 0 Å². The molecule has 0 unspecified atom stereocenters. The Hall–Kier alpha value is -0.350. The molecule has 0 spiro atoms. The second-order valence-electron chi connectivity index (χ2n) is 1.27. The van der Waals surface area contributed by atoms with Gasteiger partial charge < -0.3 is 4.98 Å². The van der Waals surface area contributed by atoms with Crippen LogP contribution in [-0.4, -0.2) is 9.97 Å². The molecule has 1 heterocycles. The summed E-state index contributed by atoms with van der Waals surface area (Å²) in [4.78, 5) is 6.58. The van der Waals surface area contributed by atoms with Crippen LogP contribution in [0.3, 0.4) is 0 Å². The van der Waals surface area contributed by atoms with E-state index in [0.717, 1.165) is 0 Å². The maximum atomic E-state index is 4.72. The number of nitrogens with zero attached hydrogens (tertiary/aromatic N) is 1. The van der Waals surface area contributed by atoms with E-state index >= 15 is 0 Å². The molecule has 0 amide bonds. The molecule has 0 bridgehead atoms. The van der Waals surface area contributed by atoms with E-state index < -0.39 is 0 Å². The third-order valence-corrected chi connectivity index (χ3v) is 1.13.